The average molecular weight is 224 g/mol. The maximum atomic E-state index is 11.8. The Morgan fingerprint density at radius 1 is 1.62 bits per heavy atom. The number of nitrogens with one attached hydrogen (secondary N) is 1. The number of rotatable bonds is 6. The standard InChI is InChI=1S/C12H20N2O2/c1-2-7-13-10-12(16)14-8-3-5-11(14)6-4-9-15/h1,11,13,15H,3-10H2. The minimum absolute atomic E-state index is 0.121. The number of aliphatic hydroxyl groups excluding tert-OH is 1. The van der Waals surface area contributed by atoms with E-state index < -0.39 is 0 Å². The molecule has 1 aliphatic rings. The lowest BCUT2D eigenvalue weighted by Crippen LogP contribution is -2.41. The van der Waals surface area contributed by atoms with Crippen molar-refractivity contribution < 1.29 is 9.90 Å². The Bertz CT molecular complexity index is 260. The number of nitrogens with zero attached hydrogens (tertiary/aromatic N) is 1. The van der Waals surface area contributed by atoms with E-state index in [4.69, 9.17) is 11.5 Å². The van der Waals surface area contributed by atoms with E-state index in [1.54, 1.807) is 0 Å². The smallest absolute Gasteiger partial charge is 0.236 e. The Hall–Kier alpha value is -1.05. The summed E-state index contributed by atoms with van der Waals surface area (Å²) < 4.78 is 0. The van der Waals surface area contributed by atoms with Crippen molar-refractivity contribution in [1.82, 2.24) is 10.2 Å². The zero-order valence-electron chi connectivity index (χ0n) is 9.61. The molecule has 4 heteroatoms. The van der Waals surface area contributed by atoms with Gasteiger partial charge in [-0.15, -0.1) is 6.42 Å². The maximum absolute atomic E-state index is 11.8. The first-order chi connectivity index (χ1) is 7.79. The second-order valence-electron chi connectivity index (χ2n) is 4.06. The number of amides is 1. The number of carbonyl (C=O) groups is 1. The molecule has 0 aromatic carbocycles. The Morgan fingerprint density at radius 2 is 2.44 bits per heavy atom. The molecule has 1 heterocycles. The highest BCUT2D eigenvalue weighted by atomic mass is 16.3. The van der Waals surface area contributed by atoms with Crippen molar-refractivity contribution in [3.05, 3.63) is 0 Å². The molecule has 0 aromatic rings. The van der Waals surface area contributed by atoms with Gasteiger partial charge in [-0.2, -0.15) is 0 Å². The van der Waals surface area contributed by atoms with Crippen LogP contribution in [0.3, 0.4) is 0 Å². The van der Waals surface area contributed by atoms with E-state index in [9.17, 15) is 4.79 Å². The Kier molecular flexibility index (Phi) is 5.91. The number of aliphatic hydroxyl groups is 1. The summed E-state index contributed by atoms with van der Waals surface area (Å²) in [5.74, 6) is 2.57. The van der Waals surface area contributed by atoms with Gasteiger partial charge in [-0.3, -0.25) is 10.1 Å². The van der Waals surface area contributed by atoms with Crippen molar-refractivity contribution in [2.45, 2.75) is 31.7 Å². The topological polar surface area (TPSA) is 52.6 Å². The third-order valence-electron chi connectivity index (χ3n) is 2.90. The second kappa shape index (κ2) is 7.26. The highest BCUT2D eigenvalue weighted by Gasteiger charge is 2.27. The molecule has 1 rings (SSSR count). The fourth-order valence-electron chi connectivity index (χ4n) is 2.13. The van der Waals surface area contributed by atoms with E-state index in [1.165, 1.54) is 0 Å². The highest BCUT2D eigenvalue weighted by molar-refractivity contribution is 5.78. The molecule has 1 fully saturated rings. The van der Waals surface area contributed by atoms with Crippen molar-refractivity contribution >= 4 is 5.91 Å². The highest BCUT2D eigenvalue weighted by Crippen LogP contribution is 2.20. The van der Waals surface area contributed by atoms with Crippen molar-refractivity contribution in [2.75, 3.05) is 26.2 Å². The fourth-order valence-corrected chi connectivity index (χ4v) is 2.13. The normalized spacial score (nSPS) is 19.8. The number of likely N-dealkylation sites (tertiary alicyclic amines) is 1. The van der Waals surface area contributed by atoms with Crippen LogP contribution in [0.25, 0.3) is 0 Å². The molecular formula is C12H20N2O2. The van der Waals surface area contributed by atoms with Gasteiger partial charge in [0.25, 0.3) is 0 Å². The lowest BCUT2D eigenvalue weighted by Gasteiger charge is -2.24. The third-order valence-corrected chi connectivity index (χ3v) is 2.90. The molecular weight excluding hydrogens is 204 g/mol. The summed E-state index contributed by atoms with van der Waals surface area (Å²) in [6.45, 7) is 1.79. The summed E-state index contributed by atoms with van der Waals surface area (Å²) in [5, 5.41) is 11.7. The van der Waals surface area contributed by atoms with Crippen LogP contribution in [0, 0.1) is 12.3 Å². The average Bonchev–Trinajstić information content (AvgIpc) is 2.74. The molecule has 0 aliphatic carbocycles. The van der Waals surface area contributed by atoms with Crippen molar-refractivity contribution in [3.63, 3.8) is 0 Å². The van der Waals surface area contributed by atoms with Crippen LogP contribution in [-0.2, 0) is 4.79 Å². The largest absolute Gasteiger partial charge is 0.396 e. The zero-order chi connectivity index (χ0) is 11.8. The summed E-state index contributed by atoms with van der Waals surface area (Å²) in [4.78, 5) is 13.7. The number of hydrogen-bond acceptors (Lipinski definition) is 3. The van der Waals surface area contributed by atoms with Gasteiger partial charge in [0.15, 0.2) is 0 Å². The van der Waals surface area contributed by atoms with Gasteiger partial charge in [0.05, 0.1) is 13.1 Å². The lowest BCUT2D eigenvalue weighted by molar-refractivity contribution is -0.131. The number of carbonyl (C=O) groups excluding carboxylic acids is 1. The Morgan fingerprint density at radius 3 is 3.12 bits per heavy atom. The van der Waals surface area contributed by atoms with Gasteiger partial charge >= 0.3 is 0 Å². The van der Waals surface area contributed by atoms with Crippen LogP contribution in [0.4, 0.5) is 0 Å². The number of terminal acetylenes is 1. The van der Waals surface area contributed by atoms with E-state index in [2.05, 4.69) is 11.2 Å². The summed E-state index contributed by atoms with van der Waals surface area (Å²) in [5.41, 5.74) is 0. The lowest BCUT2D eigenvalue weighted by atomic mass is 10.1. The SMILES string of the molecule is C#CCNCC(=O)N1CCCC1CCCO. The summed E-state index contributed by atoms with van der Waals surface area (Å²) >= 11 is 0. The molecule has 1 aliphatic heterocycles. The van der Waals surface area contributed by atoms with E-state index in [-0.39, 0.29) is 12.5 Å². The zero-order valence-corrected chi connectivity index (χ0v) is 9.61. The van der Waals surface area contributed by atoms with E-state index in [0.29, 0.717) is 19.1 Å². The minimum atomic E-state index is 0.121. The molecule has 4 nitrogen and oxygen atoms in total. The van der Waals surface area contributed by atoms with Crippen molar-refractivity contribution in [2.24, 2.45) is 0 Å². The van der Waals surface area contributed by atoms with Gasteiger partial charge in [-0.05, 0) is 25.7 Å². The van der Waals surface area contributed by atoms with Crippen LogP contribution in [0.2, 0.25) is 0 Å². The fraction of sp³-hybridized carbons (Fsp3) is 0.750. The predicted octanol–water partition coefficient (Wildman–Crippen LogP) is -0.0273. The van der Waals surface area contributed by atoms with Gasteiger partial charge in [0.1, 0.15) is 0 Å². The molecule has 0 aromatic heterocycles. The maximum Gasteiger partial charge on any atom is 0.236 e. The summed E-state index contributed by atoms with van der Waals surface area (Å²) in [6.07, 6.45) is 8.89. The molecule has 1 saturated heterocycles. The third kappa shape index (κ3) is 3.84. The van der Waals surface area contributed by atoms with Crippen LogP contribution in [0.1, 0.15) is 25.7 Å². The van der Waals surface area contributed by atoms with Crippen molar-refractivity contribution in [3.8, 4) is 12.3 Å². The molecule has 16 heavy (non-hydrogen) atoms. The van der Waals surface area contributed by atoms with Crippen LogP contribution >= 0.6 is 0 Å². The van der Waals surface area contributed by atoms with E-state index in [1.807, 2.05) is 4.90 Å². The number of hydrogen-bond donors (Lipinski definition) is 2. The van der Waals surface area contributed by atoms with Gasteiger partial charge in [-0.25, -0.2) is 0 Å². The quantitative estimate of drug-likeness (QED) is 0.492. The first-order valence-electron chi connectivity index (χ1n) is 5.84. The molecule has 90 valence electrons. The molecule has 0 bridgehead atoms. The molecule has 0 spiro atoms. The van der Waals surface area contributed by atoms with E-state index >= 15 is 0 Å². The van der Waals surface area contributed by atoms with Crippen LogP contribution < -0.4 is 5.32 Å². The second-order valence-corrected chi connectivity index (χ2v) is 4.06. The van der Waals surface area contributed by atoms with Crippen molar-refractivity contribution in [1.29, 1.82) is 0 Å². The molecule has 1 atom stereocenters. The molecule has 0 saturated carbocycles. The van der Waals surface area contributed by atoms with Gasteiger partial charge < -0.3 is 10.0 Å². The van der Waals surface area contributed by atoms with Crippen LogP contribution in [-0.4, -0.2) is 48.2 Å². The predicted molar refractivity (Wildman–Crippen MR) is 62.8 cm³/mol. The summed E-state index contributed by atoms with van der Waals surface area (Å²) in [7, 11) is 0. The van der Waals surface area contributed by atoms with Gasteiger partial charge in [0, 0.05) is 19.2 Å². The minimum Gasteiger partial charge on any atom is -0.396 e. The van der Waals surface area contributed by atoms with E-state index in [0.717, 1.165) is 32.2 Å². The summed E-state index contributed by atoms with van der Waals surface area (Å²) in [6, 6.07) is 0.312. The van der Waals surface area contributed by atoms with Gasteiger partial charge in [-0.1, -0.05) is 5.92 Å². The first-order valence-corrected chi connectivity index (χ1v) is 5.84. The van der Waals surface area contributed by atoms with Gasteiger partial charge in [0.2, 0.25) is 5.91 Å². The molecule has 1 unspecified atom stereocenters. The Labute approximate surface area is 97.0 Å². The first kappa shape index (κ1) is 13.0. The molecule has 0 radical (unpaired) electrons. The molecule has 2 N–H and O–H groups in total. The molecule has 1 amide bonds. The van der Waals surface area contributed by atoms with Crippen LogP contribution in [0.5, 0.6) is 0 Å². The Balaban J connectivity index is 2.32. The van der Waals surface area contributed by atoms with Crippen LogP contribution in [0.15, 0.2) is 0 Å². The monoisotopic (exact) mass is 224 g/mol.